The summed E-state index contributed by atoms with van der Waals surface area (Å²) in [5.74, 6) is 0. The van der Waals surface area contributed by atoms with E-state index in [-0.39, 0.29) is 11.0 Å². The monoisotopic (exact) mass is 288 g/mol. The predicted molar refractivity (Wildman–Crippen MR) is 87.2 cm³/mol. The molecular weight excluding hydrogens is 264 g/mol. The summed E-state index contributed by atoms with van der Waals surface area (Å²) in [6.45, 7) is 10.7. The van der Waals surface area contributed by atoms with E-state index >= 15 is 0 Å². The first kappa shape index (κ1) is 15.2. The second-order valence-electron chi connectivity index (χ2n) is 6.84. The summed E-state index contributed by atoms with van der Waals surface area (Å²) in [5, 5.41) is 3.27. The van der Waals surface area contributed by atoms with Gasteiger partial charge in [-0.25, -0.2) is 4.98 Å². The average Bonchev–Trinajstić information content (AvgIpc) is 2.76. The Bertz CT molecular complexity index is 591. The second-order valence-corrected chi connectivity index (χ2v) is 7.78. The van der Waals surface area contributed by atoms with E-state index in [9.17, 15) is 0 Å². The molecule has 0 aliphatic rings. The first-order valence-corrected chi connectivity index (χ1v) is 7.87. The molecule has 2 nitrogen and oxygen atoms in total. The van der Waals surface area contributed by atoms with Gasteiger partial charge < -0.3 is 5.73 Å². The predicted octanol–water partition coefficient (Wildman–Crippen LogP) is 4.17. The van der Waals surface area contributed by atoms with E-state index in [0.717, 1.165) is 17.1 Å². The van der Waals surface area contributed by atoms with E-state index in [2.05, 4.69) is 64.3 Å². The minimum atomic E-state index is -0.376. The Morgan fingerprint density at radius 1 is 1.20 bits per heavy atom. The highest BCUT2D eigenvalue weighted by molar-refractivity contribution is 7.09. The van der Waals surface area contributed by atoms with Crippen LogP contribution in [0, 0.1) is 6.92 Å². The Labute approximate surface area is 126 Å². The molecule has 2 N–H and O–H groups in total. The van der Waals surface area contributed by atoms with Crippen molar-refractivity contribution in [3.63, 3.8) is 0 Å². The van der Waals surface area contributed by atoms with Gasteiger partial charge in [0.05, 0.1) is 10.7 Å². The van der Waals surface area contributed by atoms with E-state index in [1.165, 1.54) is 11.1 Å². The molecule has 0 aliphatic heterocycles. The van der Waals surface area contributed by atoms with Crippen molar-refractivity contribution in [3.05, 3.63) is 51.5 Å². The molecule has 2 rings (SSSR count). The molecule has 0 amide bonds. The van der Waals surface area contributed by atoms with Crippen LogP contribution in [0.2, 0.25) is 0 Å². The number of rotatable bonds is 3. The lowest BCUT2D eigenvalue weighted by Crippen LogP contribution is -2.35. The van der Waals surface area contributed by atoms with Gasteiger partial charge in [0.1, 0.15) is 0 Å². The van der Waals surface area contributed by atoms with Crippen molar-refractivity contribution < 1.29 is 0 Å². The van der Waals surface area contributed by atoms with Crippen molar-refractivity contribution in [1.82, 2.24) is 4.98 Å². The van der Waals surface area contributed by atoms with Gasteiger partial charge in [0.2, 0.25) is 0 Å². The van der Waals surface area contributed by atoms with Crippen LogP contribution in [0.3, 0.4) is 0 Å². The molecule has 0 spiro atoms. The second kappa shape index (κ2) is 5.30. The van der Waals surface area contributed by atoms with Crippen molar-refractivity contribution in [1.29, 1.82) is 0 Å². The van der Waals surface area contributed by atoms with Crippen molar-refractivity contribution in [2.75, 3.05) is 0 Å². The van der Waals surface area contributed by atoms with E-state index in [1.54, 1.807) is 11.3 Å². The normalized spacial score (nSPS) is 15.1. The number of nitrogens with zero attached hydrogens (tertiary/aromatic N) is 1. The molecule has 0 saturated carbocycles. The summed E-state index contributed by atoms with van der Waals surface area (Å²) in [4.78, 5) is 4.75. The van der Waals surface area contributed by atoms with Gasteiger partial charge in [-0.2, -0.15) is 0 Å². The van der Waals surface area contributed by atoms with Crippen molar-refractivity contribution >= 4 is 11.3 Å². The molecule has 1 unspecified atom stereocenters. The fourth-order valence-electron chi connectivity index (χ4n) is 2.15. The van der Waals surface area contributed by atoms with Crippen LogP contribution in [0.15, 0.2) is 29.6 Å². The molecule has 1 aromatic heterocycles. The third-order valence-corrected chi connectivity index (χ3v) is 4.36. The lowest BCUT2D eigenvalue weighted by Gasteiger charge is -2.24. The molecule has 2 aromatic rings. The molecule has 20 heavy (non-hydrogen) atoms. The van der Waals surface area contributed by atoms with Crippen molar-refractivity contribution in [2.45, 2.75) is 52.0 Å². The van der Waals surface area contributed by atoms with E-state index < -0.39 is 0 Å². The van der Waals surface area contributed by atoms with Crippen molar-refractivity contribution in [3.8, 4) is 0 Å². The number of aromatic nitrogens is 1. The third-order valence-electron chi connectivity index (χ3n) is 3.52. The smallest absolute Gasteiger partial charge is 0.0950 e. The van der Waals surface area contributed by atoms with Gasteiger partial charge in [-0.3, -0.25) is 0 Å². The lowest BCUT2D eigenvalue weighted by molar-refractivity contribution is 0.486. The van der Waals surface area contributed by atoms with Gasteiger partial charge >= 0.3 is 0 Å². The highest BCUT2D eigenvalue weighted by Crippen LogP contribution is 2.28. The fraction of sp³-hybridized carbons (Fsp3) is 0.471. The highest BCUT2D eigenvalue weighted by Gasteiger charge is 2.25. The zero-order valence-corrected chi connectivity index (χ0v) is 13.8. The maximum atomic E-state index is 6.52. The van der Waals surface area contributed by atoms with Crippen LogP contribution in [0.1, 0.15) is 49.5 Å². The van der Waals surface area contributed by atoms with Crippen LogP contribution in [0.5, 0.6) is 0 Å². The maximum Gasteiger partial charge on any atom is 0.0950 e. The van der Waals surface area contributed by atoms with Gasteiger partial charge in [0, 0.05) is 22.8 Å². The average molecular weight is 288 g/mol. The lowest BCUT2D eigenvalue weighted by atomic mass is 9.89. The highest BCUT2D eigenvalue weighted by atomic mass is 32.1. The standard InChI is InChI=1S/C17H24N2S/c1-12-7-6-8-13(9-12)17(5,18)10-15-19-14(11-20-15)16(2,3)4/h6-9,11H,10,18H2,1-5H3. The third kappa shape index (κ3) is 3.47. The zero-order valence-electron chi connectivity index (χ0n) is 13.0. The minimum absolute atomic E-state index is 0.100. The number of aryl methyl sites for hydroxylation is 1. The molecule has 0 radical (unpaired) electrons. The van der Waals surface area contributed by atoms with Crippen LogP contribution in [-0.4, -0.2) is 4.98 Å². The summed E-state index contributed by atoms with van der Waals surface area (Å²) < 4.78 is 0. The van der Waals surface area contributed by atoms with E-state index in [1.807, 2.05) is 0 Å². The van der Waals surface area contributed by atoms with Crippen LogP contribution in [0.25, 0.3) is 0 Å². The van der Waals surface area contributed by atoms with Gasteiger partial charge in [0.15, 0.2) is 0 Å². The SMILES string of the molecule is Cc1cccc(C(C)(N)Cc2nc(C(C)(C)C)cs2)c1. The van der Waals surface area contributed by atoms with Crippen LogP contribution >= 0.6 is 11.3 Å². The first-order valence-electron chi connectivity index (χ1n) is 6.99. The molecular formula is C17H24N2S. The summed E-state index contributed by atoms with van der Waals surface area (Å²) >= 11 is 1.71. The fourth-order valence-corrected chi connectivity index (χ4v) is 3.34. The van der Waals surface area contributed by atoms with Gasteiger partial charge in [-0.05, 0) is 19.4 Å². The number of benzene rings is 1. The molecule has 0 fully saturated rings. The number of hydrogen-bond donors (Lipinski definition) is 1. The van der Waals surface area contributed by atoms with E-state index in [0.29, 0.717) is 0 Å². The largest absolute Gasteiger partial charge is 0.321 e. The molecule has 108 valence electrons. The molecule has 1 heterocycles. The molecule has 0 bridgehead atoms. The molecule has 3 heteroatoms. The Morgan fingerprint density at radius 3 is 2.45 bits per heavy atom. The van der Waals surface area contributed by atoms with Crippen LogP contribution < -0.4 is 5.73 Å². The number of nitrogens with two attached hydrogens (primary N) is 1. The minimum Gasteiger partial charge on any atom is -0.321 e. The first-order chi connectivity index (χ1) is 9.18. The molecule has 1 atom stereocenters. The molecule has 0 aliphatic carbocycles. The summed E-state index contributed by atoms with van der Waals surface area (Å²) in [5.41, 5.74) is 9.81. The van der Waals surface area contributed by atoms with Gasteiger partial charge in [-0.15, -0.1) is 11.3 Å². The Kier molecular flexibility index (Phi) is 4.03. The summed E-state index contributed by atoms with van der Waals surface area (Å²) in [6.07, 6.45) is 0.775. The Balaban J connectivity index is 2.22. The number of hydrogen-bond acceptors (Lipinski definition) is 3. The van der Waals surface area contributed by atoms with Crippen LogP contribution in [-0.2, 0) is 17.4 Å². The Morgan fingerprint density at radius 2 is 1.90 bits per heavy atom. The zero-order chi connectivity index (χ0) is 15.0. The van der Waals surface area contributed by atoms with Gasteiger partial charge in [0.25, 0.3) is 0 Å². The summed E-state index contributed by atoms with van der Waals surface area (Å²) in [7, 11) is 0. The van der Waals surface area contributed by atoms with Gasteiger partial charge in [-0.1, -0.05) is 50.6 Å². The van der Waals surface area contributed by atoms with Crippen LogP contribution in [0.4, 0.5) is 0 Å². The summed E-state index contributed by atoms with van der Waals surface area (Å²) in [6, 6.07) is 8.43. The Hall–Kier alpha value is -1.19. The molecule has 1 aromatic carbocycles. The maximum absolute atomic E-state index is 6.52. The van der Waals surface area contributed by atoms with Crippen molar-refractivity contribution in [2.24, 2.45) is 5.73 Å². The molecule has 0 saturated heterocycles. The van der Waals surface area contributed by atoms with E-state index in [4.69, 9.17) is 10.7 Å². The quantitative estimate of drug-likeness (QED) is 0.921. The number of thiazole rings is 1. The topological polar surface area (TPSA) is 38.9 Å².